The third-order valence-corrected chi connectivity index (χ3v) is 4.91. The van der Waals surface area contributed by atoms with E-state index in [1.165, 1.54) is 16.8 Å². The Morgan fingerprint density at radius 1 is 0.962 bits per heavy atom. The second kappa shape index (κ2) is 8.16. The van der Waals surface area contributed by atoms with E-state index in [0.717, 1.165) is 22.6 Å². The minimum atomic E-state index is -0.236. The molecule has 0 unspecified atom stereocenters. The van der Waals surface area contributed by atoms with Crippen molar-refractivity contribution in [1.82, 2.24) is 5.01 Å². The lowest BCUT2D eigenvalue weighted by molar-refractivity contribution is -0.122. The number of nitrogens with zero attached hydrogens (tertiary/aromatic N) is 2. The summed E-state index contributed by atoms with van der Waals surface area (Å²) in [6.45, 7) is 0. The Morgan fingerprint density at radius 2 is 1.50 bits per heavy atom. The first kappa shape index (κ1) is 18.2. The Morgan fingerprint density at radius 3 is 2.04 bits per heavy atom. The fraction of sp³-hybridized carbons (Fsp3) is 0.105. The number of thioether (sulfide) groups is 1. The number of benzene rings is 2. The summed E-state index contributed by atoms with van der Waals surface area (Å²) < 4.78 is 10.7. The van der Waals surface area contributed by atoms with Gasteiger partial charge in [-0.3, -0.25) is 4.79 Å². The van der Waals surface area contributed by atoms with Gasteiger partial charge in [0.15, 0.2) is 4.32 Å². The fourth-order valence-electron chi connectivity index (χ4n) is 2.22. The minimum Gasteiger partial charge on any atom is -0.497 e. The molecule has 0 aliphatic carbocycles. The standard InChI is InChI=1S/C19H16N2O3S2/c1-23-15-7-3-13(4-8-15)11-17-18(22)21(19(25)26-17)20-12-14-5-9-16(24-2)10-6-14/h3-12H,1-2H3/b17-11+,20-12-. The summed E-state index contributed by atoms with van der Waals surface area (Å²) in [5.74, 6) is 1.29. The van der Waals surface area contributed by atoms with Crippen molar-refractivity contribution >= 4 is 46.5 Å². The number of hydrogen-bond acceptors (Lipinski definition) is 6. The largest absolute Gasteiger partial charge is 0.497 e. The lowest BCUT2D eigenvalue weighted by Crippen LogP contribution is -2.22. The topological polar surface area (TPSA) is 51.1 Å². The van der Waals surface area contributed by atoms with Gasteiger partial charge in [0, 0.05) is 0 Å². The average Bonchev–Trinajstić information content (AvgIpc) is 2.94. The van der Waals surface area contributed by atoms with Gasteiger partial charge in [0.05, 0.1) is 25.3 Å². The Kier molecular flexibility index (Phi) is 5.70. The molecule has 26 heavy (non-hydrogen) atoms. The van der Waals surface area contributed by atoms with Gasteiger partial charge in [-0.05, 0) is 65.8 Å². The van der Waals surface area contributed by atoms with Crippen LogP contribution in [0.3, 0.4) is 0 Å². The van der Waals surface area contributed by atoms with Gasteiger partial charge in [-0.1, -0.05) is 23.9 Å². The van der Waals surface area contributed by atoms with E-state index in [1.54, 1.807) is 26.5 Å². The number of thiocarbonyl (C=S) groups is 1. The maximum Gasteiger partial charge on any atom is 0.286 e. The second-order valence-electron chi connectivity index (χ2n) is 5.28. The van der Waals surface area contributed by atoms with Crippen LogP contribution in [0.5, 0.6) is 11.5 Å². The van der Waals surface area contributed by atoms with Crippen LogP contribution in [0, 0.1) is 0 Å². The Hall–Kier alpha value is -2.64. The summed E-state index contributed by atoms with van der Waals surface area (Å²) in [7, 11) is 3.22. The Balaban J connectivity index is 1.75. The molecule has 5 nitrogen and oxygen atoms in total. The van der Waals surface area contributed by atoms with Crippen molar-refractivity contribution in [2.24, 2.45) is 5.10 Å². The summed E-state index contributed by atoms with van der Waals surface area (Å²) >= 11 is 6.51. The zero-order valence-electron chi connectivity index (χ0n) is 14.2. The highest BCUT2D eigenvalue weighted by Gasteiger charge is 2.31. The number of methoxy groups -OCH3 is 2. The van der Waals surface area contributed by atoms with Gasteiger partial charge in [0.2, 0.25) is 0 Å². The molecule has 7 heteroatoms. The number of carbonyl (C=O) groups excluding carboxylic acids is 1. The molecule has 2 aromatic carbocycles. The number of ether oxygens (including phenoxy) is 2. The highest BCUT2D eigenvalue weighted by Crippen LogP contribution is 2.33. The molecule has 1 amide bonds. The molecule has 0 saturated carbocycles. The van der Waals surface area contributed by atoms with Gasteiger partial charge in [0.25, 0.3) is 5.91 Å². The second-order valence-corrected chi connectivity index (χ2v) is 6.96. The summed E-state index contributed by atoms with van der Waals surface area (Å²) in [6, 6.07) is 14.8. The molecular formula is C19H16N2O3S2. The van der Waals surface area contributed by atoms with Crippen LogP contribution < -0.4 is 9.47 Å². The van der Waals surface area contributed by atoms with Crippen molar-refractivity contribution in [3.8, 4) is 11.5 Å². The van der Waals surface area contributed by atoms with Crippen LogP contribution in [0.1, 0.15) is 11.1 Å². The summed E-state index contributed by atoms with van der Waals surface area (Å²) in [5, 5.41) is 5.46. The van der Waals surface area contributed by atoms with Gasteiger partial charge in [-0.2, -0.15) is 10.1 Å². The first-order valence-electron chi connectivity index (χ1n) is 7.71. The van der Waals surface area contributed by atoms with E-state index in [4.69, 9.17) is 21.7 Å². The molecule has 1 heterocycles. The smallest absolute Gasteiger partial charge is 0.286 e. The molecule has 3 rings (SSSR count). The van der Waals surface area contributed by atoms with Crippen molar-refractivity contribution in [1.29, 1.82) is 0 Å². The van der Waals surface area contributed by atoms with Crippen molar-refractivity contribution in [3.63, 3.8) is 0 Å². The Bertz CT molecular complexity index is 875. The zero-order chi connectivity index (χ0) is 18.5. The van der Waals surface area contributed by atoms with Crippen LogP contribution in [0.15, 0.2) is 58.5 Å². The number of rotatable bonds is 5. The van der Waals surface area contributed by atoms with Crippen LogP contribution in [0.2, 0.25) is 0 Å². The summed E-state index contributed by atoms with van der Waals surface area (Å²) in [5.41, 5.74) is 1.74. The van der Waals surface area contributed by atoms with E-state index in [-0.39, 0.29) is 5.91 Å². The van der Waals surface area contributed by atoms with Crippen molar-refractivity contribution < 1.29 is 14.3 Å². The van der Waals surface area contributed by atoms with E-state index in [2.05, 4.69) is 5.10 Å². The van der Waals surface area contributed by atoms with Crippen molar-refractivity contribution in [2.45, 2.75) is 0 Å². The molecule has 2 aromatic rings. The highest BCUT2D eigenvalue weighted by atomic mass is 32.2. The molecule has 0 atom stereocenters. The average molecular weight is 384 g/mol. The van der Waals surface area contributed by atoms with E-state index < -0.39 is 0 Å². The molecule has 132 valence electrons. The third kappa shape index (κ3) is 4.12. The van der Waals surface area contributed by atoms with E-state index in [9.17, 15) is 4.79 Å². The van der Waals surface area contributed by atoms with Crippen LogP contribution in [0.25, 0.3) is 6.08 Å². The van der Waals surface area contributed by atoms with Crippen molar-refractivity contribution in [2.75, 3.05) is 14.2 Å². The zero-order valence-corrected chi connectivity index (χ0v) is 15.8. The van der Waals surface area contributed by atoms with Crippen LogP contribution in [-0.2, 0) is 4.79 Å². The van der Waals surface area contributed by atoms with E-state index >= 15 is 0 Å². The Labute approximate surface area is 161 Å². The molecule has 0 N–H and O–H groups in total. The molecule has 0 spiro atoms. The van der Waals surface area contributed by atoms with Crippen LogP contribution >= 0.6 is 24.0 Å². The number of hydrogen-bond donors (Lipinski definition) is 0. The summed E-state index contributed by atoms with van der Waals surface area (Å²) in [4.78, 5) is 13.1. The molecule has 0 aromatic heterocycles. The number of hydrazone groups is 1. The lowest BCUT2D eigenvalue weighted by atomic mass is 10.2. The molecular weight excluding hydrogens is 368 g/mol. The number of amides is 1. The first-order valence-corrected chi connectivity index (χ1v) is 8.93. The minimum absolute atomic E-state index is 0.236. The maximum atomic E-state index is 12.6. The van der Waals surface area contributed by atoms with E-state index in [0.29, 0.717) is 9.23 Å². The first-order chi connectivity index (χ1) is 12.6. The summed E-state index contributed by atoms with van der Waals surface area (Å²) in [6.07, 6.45) is 3.39. The molecule has 1 aliphatic rings. The molecule has 0 radical (unpaired) electrons. The molecule has 1 fully saturated rings. The molecule has 0 bridgehead atoms. The monoisotopic (exact) mass is 384 g/mol. The SMILES string of the molecule is COc1ccc(/C=N\N2C(=O)/C(=C\c3ccc(OC)cc3)SC2=S)cc1. The predicted octanol–water partition coefficient (Wildman–Crippen LogP) is 3.94. The van der Waals surface area contributed by atoms with Crippen molar-refractivity contribution in [3.05, 3.63) is 64.6 Å². The highest BCUT2D eigenvalue weighted by molar-refractivity contribution is 8.26. The fourth-order valence-corrected chi connectivity index (χ4v) is 3.40. The van der Waals surface area contributed by atoms with Gasteiger partial charge >= 0.3 is 0 Å². The molecule has 1 aliphatic heterocycles. The van der Waals surface area contributed by atoms with Gasteiger partial charge in [-0.25, -0.2) is 0 Å². The predicted molar refractivity (Wildman–Crippen MR) is 109 cm³/mol. The quantitative estimate of drug-likeness (QED) is 0.444. The van der Waals surface area contributed by atoms with Gasteiger partial charge in [0.1, 0.15) is 11.5 Å². The van der Waals surface area contributed by atoms with Gasteiger partial charge in [-0.15, -0.1) is 0 Å². The number of carbonyl (C=O) groups is 1. The normalized spacial score (nSPS) is 15.9. The van der Waals surface area contributed by atoms with E-state index in [1.807, 2.05) is 48.5 Å². The lowest BCUT2D eigenvalue weighted by Gasteiger charge is -2.06. The van der Waals surface area contributed by atoms with Crippen LogP contribution in [0.4, 0.5) is 0 Å². The molecule has 1 saturated heterocycles. The van der Waals surface area contributed by atoms with Crippen LogP contribution in [-0.4, -0.2) is 35.7 Å². The third-order valence-electron chi connectivity index (χ3n) is 3.63. The maximum absolute atomic E-state index is 12.6. The van der Waals surface area contributed by atoms with Gasteiger partial charge < -0.3 is 9.47 Å².